The van der Waals surface area contributed by atoms with Gasteiger partial charge in [0.1, 0.15) is 6.04 Å². The average Bonchev–Trinajstić information content (AvgIpc) is 3.61. The molecule has 3 heterocycles. The number of nitrogens with zero attached hydrogens (tertiary/aromatic N) is 2. The second-order valence-electron chi connectivity index (χ2n) is 12.1. The number of aliphatic hydroxyl groups is 1. The summed E-state index contributed by atoms with van der Waals surface area (Å²) >= 11 is 5.40. The Labute approximate surface area is 272 Å². The zero-order valence-electron chi connectivity index (χ0n) is 25.4. The standard InChI is InChI=1S/C35H41BrN2O5S/c1-5-7-11-17-43-34(42)28-29-32(40)38(25(21-39)19-24-12-9-8-10-13-24)31(35(29)20-26(36)30(28)44-35)33(41)37(16-6-2)27-18-22(3)14-15-23(27)4/h5-6,8-10,12-15,18,25-26,28-31,39H,1-2,7,11,16-17,19-21H2,3-4H3/t25-,26?,28-,29+,30-,31?,35?/m1/s1. The van der Waals surface area contributed by atoms with E-state index in [2.05, 4.69) is 29.1 Å². The number of aryl methyl sites for hydroxylation is 2. The van der Waals surface area contributed by atoms with Gasteiger partial charge in [-0.05, 0) is 62.3 Å². The molecule has 1 spiro atoms. The van der Waals surface area contributed by atoms with Gasteiger partial charge in [-0.3, -0.25) is 14.4 Å². The SMILES string of the molecule is C=CCCCOC(=O)[C@H]1[C@@H]2SC3(CC2Br)C(C(=O)N(CC=C)c2cc(C)ccc2C)N([C@@H](CO)Cc2ccccc2)C(=O)[C@H]13. The lowest BCUT2D eigenvalue weighted by molar-refractivity contribution is -0.154. The van der Waals surface area contributed by atoms with E-state index in [0.29, 0.717) is 19.3 Å². The lowest BCUT2D eigenvalue weighted by Crippen LogP contribution is -2.58. The van der Waals surface area contributed by atoms with Crippen LogP contribution in [-0.4, -0.2) is 74.5 Å². The van der Waals surface area contributed by atoms with Gasteiger partial charge in [0.2, 0.25) is 5.91 Å². The molecule has 2 aromatic carbocycles. The zero-order chi connectivity index (χ0) is 31.6. The van der Waals surface area contributed by atoms with Crippen molar-refractivity contribution >= 4 is 51.2 Å². The fourth-order valence-corrected chi connectivity index (χ4v) is 10.8. The van der Waals surface area contributed by atoms with Crippen molar-refractivity contribution in [3.05, 3.63) is 90.5 Å². The third kappa shape index (κ3) is 5.79. The minimum absolute atomic E-state index is 0.0761. The number of hydrogen-bond donors (Lipinski definition) is 1. The first-order chi connectivity index (χ1) is 21.2. The van der Waals surface area contributed by atoms with Crippen LogP contribution in [0, 0.1) is 25.7 Å². The van der Waals surface area contributed by atoms with Crippen LogP contribution in [0.5, 0.6) is 0 Å². The molecule has 3 fully saturated rings. The van der Waals surface area contributed by atoms with E-state index in [0.717, 1.165) is 28.8 Å². The minimum Gasteiger partial charge on any atom is -0.465 e. The quantitative estimate of drug-likeness (QED) is 0.132. The van der Waals surface area contributed by atoms with Crippen molar-refractivity contribution in [3.8, 4) is 0 Å². The molecule has 1 N–H and O–H groups in total. The monoisotopic (exact) mass is 680 g/mol. The molecule has 3 saturated heterocycles. The fraction of sp³-hybridized carbons (Fsp3) is 0.457. The molecular formula is C35H41BrN2O5S. The average molecular weight is 682 g/mol. The molecule has 5 rings (SSSR count). The summed E-state index contributed by atoms with van der Waals surface area (Å²) in [6, 6.07) is 14.1. The summed E-state index contributed by atoms with van der Waals surface area (Å²) in [5.74, 6) is -2.32. The van der Waals surface area contributed by atoms with E-state index >= 15 is 4.79 Å². The number of allylic oxidation sites excluding steroid dienone is 1. The molecule has 0 aliphatic carbocycles. The van der Waals surface area contributed by atoms with Crippen molar-refractivity contribution in [1.29, 1.82) is 0 Å². The number of thioether (sulfide) groups is 1. The van der Waals surface area contributed by atoms with Crippen molar-refractivity contribution in [2.24, 2.45) is 11.8 Å². The van der Waals surface area contributed by atoms with Crippen LogP contribution in [0.3, 0.4) is 0 Å². The predicted octanol–water partition coefficient (Wildman–Crippen LogP) is 5.40. The number of amides is 2. The lowest BCUT2D eigenvalue weighted by Gasteiger charge is -2.40. The first-order valence-corrected chi connectivity index (χ1v) is 17.0. The number of rotatable bonds is 13. The molecule has 44 heavy (non-hydrogen) atoms. The Morgan fingerprint density at radius 1 is 1.20 bits per heavy atom. The zero-order valence-corrected chi connectivity index (χ0v) is 27.8. The second kappa shape index (κ2) is 13.6. The van der Waals surface area contributed by atoms with Gasteiger partial charge in [-0.1, -0.05) is 70.5 Å². The van der Waals surface area contributed by atoms with E-state index in [1.165, 1.54) is 0 Å². The molecule has 2 amide bonds. The highest BCUT2D eigenvalue weighted by Crippen LogP contribution is 2.68. The van der Waals surface area contributed by atoms with Crippen molar-refractivity contribution < 1.29 is 24.2 Å². The highest BCUT2D eigenvalue weighted by molar-refractivity contribution is 9.09. The van der Waals surface area contributed by atoms with E-state index in [9.17, 15) is 14.7 Å². The molecular weight excluding hydrogens is 640 g/mol. The minimum atomic E-state index is -0.894. The Morgan fingerprint density at radius 3 is 2.64 bits per heavy atom. The maximum absolute atomic E-state index is 15.0. The predicted molar refractivity (Wildman–Crippen MR) is 179 cm³/mol. The van der Waals surface area contributed by atoms with Crippen LogP contribution in [-0.2, 0) is 25.5 Å². The van der Waals surface area contributed by atoms with Crippen LogP contribution in [0.1, 0.15) is 36.0 Å². The number of esters is 1. The number of benzene rings is 2. The Balaban J connectivity index is 1.60. The smallest absolute Gasteiger partial charge is 0.310 e. The van der Waals surface area contributed by atoms with E-state index in [1.54, 1.807) is 33.7 Å². The van der Waals surface area contributed by atoms with Crippen LogP contribution in [0.15, 0.2) is 73.8 Å². The van der Waals surface area contributed by atoms with Gasteiger partial charge >= 0.3 is 5.97 Å². The van der Waals surface area contributed by atoms with Gasteiger partial charge < -0.3 is 19.6 Å². The van der Waals surface area contributed by atoms with Crippen LogP contribution < -0.4 is 4.90 Å². The maximum Gasteiger partial charge on any atom is 0.310 e. The van der Waals surface area contributed by atoms with Gasteiger partial charge in [0, 0.05) is 22.3 Å². The van der Waals surface area contributed by atoms with Crippen molar-refractivity contribution in [2.45, 2.75) is 66.4 Å². The van der Waals surface area contributed by atoms with E-state index in [1.807, 2.05) is 62.4 Å². The second-order valence-corrected chi connectivity index (χ2v) is 14.8. The first-order valence-electron chi connectivity index (χ1n) is 15.2. The molecule has 0 saturated carbocycles. The van der Waals surface area contributed by atoms with Crippen molar-refractivity contribution in [3.63, 3.8) is 0 Å². The van der Waals surface area contributed by atoms with E-state index in [4.69, 9.17) is 4.74 Å². The Bertz CT molecular complexity index is 1420. The molecule has 3 aliphatic heterocycles. The first kappa shape index (κ1) is 32.5. The molecule has 234 valence electrons. The number of ether oxygens (including phenoxy) is 1. The number of carbonyl (C=O) groups is 3. The highest BCUT2D eigenvalue weighted by Gasteiger charge is 2.76. The molecule has 3 aliphatic rings. The molecule has 0 radical (unpaired) electrons. The molecule has 3 unspecified atom stereocenters. The highest BCUT2D eigenvalue weighted by atomic mass is 79.9. The van der Waals surface area contributed by atoms with Gasteiger partial charge in [0.15, 0.2) is 0 Å². The summed E-state index contributed by atoms with van der Waals surface area (Å²) in [5, 5.41) is 10.6. The molecule has 7 atom stereocenters. The third-order valence-corrected chi connectivity index (χ3v) is 12.4. The van der Waals surface area contributed by atoms with Gasteiger partial charge in [-0.15, -0.1) is 24.9 Å². The summed E-state index contributed by atoms with van der Waals surface area (Å²) in [5.41, 5.74) is 3.65. The number of fused-ring (bicyclic) bond motifs is 1. The summed E-state index contributed by atoms with van der Waals surface area (Å²) in [7, 11) is 0. The Morgan fingerprint density at radius 2 is 1.95 bits per heavy atom. The molecule has 9 heteroatoms. The van der Waals surface area contributed by atoms with Crippen LogP contribution in [0.2, 0.25) is 0 Å². The number of hydrogen-bond acceptors (Lipinski definition) is 6. The number of unbranched alkanes of at least 4 members (excludes halogenated alkanes) is 1. The largest absolute Gasteiger partial charge is 0.465 e. The van der Waals surface area contributed by atoms with Crippen molar-refractivity contribution in [1.82, 2.24) is 4.90 Å². The Kier molecular flexibility index (Phi) is 10.1. The summed E-state index contributed by atoms with van der Waals surface area (Å²) in [6.07, 6.45) is 5.78. The number of carbonyl (C=O) groups excluding carboxylic acids is 3. The van der Waals surface area contributed by atoms with Crippen LogP contribution >= 0.6 is 27.7 Å². The van der Waals surface area contributed by atoms with Crippen LogP contribution in [0.25, 0.3) is 0 Å². The van der Waals surface area contributed by atoms with Gasteiger partial charge in [-0.25, -0.2) is 0 Å². The number of halogens is 1. The maximum atomic E-state index is 15.0. The number of anilines is 1. The number of aliphatic hydroxyl groups excluding tert-OH is 1. The molecule has 0 aromatic heterocycles. The summed E-state index contributed by atoms with van der Waals surface area (Å²) in [4.78, 5) is 46.6. The number of alkyl halides is 1. The van der Waals surface area contributed by atoms with Gasteiger partial charge in [0.25, 0.3) is 5.91 Å². The van der Waals surface area contributed by atoms with Gasteiger partial charge in [-0.2, -0.15) is 0 Å². The Hall–Kier alpha value is -2.88. The topological polar surface area (TPSA) is 87.2 Å². The van der Waals surface area contributed by atoms with E-state index in [-0.39, 0.29) is 41.6 Å². The summed E-state index contributed by atoms with van der Waals surface area (Å²) < 4.78 is 4.87. The third-order valence-electron chi connectivity index (χ3n) is 9.18. The van der Waals surface area contributed by atoms with E-state index < -0.39 is 34.6 Å². The fourth-order valence-electron chi connectivity index (χ4n) is 7.24. The normalized spacial score (nSPS) is 27.6. The van der Waals surface area contributed by atoms with Crippen molar-refractivity contribution in [2.75, 3.05) is 24.7 Å². The number of likely N-dealkylation sites (tertiary alicyclic amines) is 1. The molecule has 2 aromatic rings. The molecule has 2 bridgehead atoms. The van der Waals surface area contributed by atoms with Crippen LogP contribution in [0.4, 0.5) is 5.69 Å². The summed E-state index contributed by atoms with van der Waals surface area (Å²) in [6.45, 7) is 11.8. The van der Waals surface area contributed by atoms with Gasteiger partial charge in [0.05, 0.1) is 35.8 Å². The lowest BCUT2D eigenvalue weighted by atomic mass is 9.71. The molecule has 7 nitrogen and oxygen atoms in total.